The first-order valence-electron chi connectivity index (χ1n) is 7.75. The summed E-state index contributed by atoms with van der Waals surface area (Å²) in [6.07, 6.45) is -0.627. The number of anilines is 1. The van der Waals surface area contributed by atoms with Crippen LogP contribution in [0.15, 0.2) is 47.8 Å². The van der Waals surface area contributed by atoms with Gasteiger partial charge in [-0.3, -0.25) is 0 Å². The third-order valence-electron chi connectivity index (χ3n) is 3.60. The molecule has 1 unspecified atom stereocenters. The molecule has 0 saturated carbocycles. The van der Waals surface area contributed by atoms with E-state index >= 15 is 0 Å². The maximum absolute atomic E-state index is 12.1. The summed E-state index contributed by atoms with van der Waals surface area (Å²) in [6, 6.07) is 12.2. The van der Waals surface area contributed by atoms with E-state index in [4.69, 9.17) is 16.3 Å². The fourth-order valence-corrected chi connectivity index (χ4v) is 4.27. The van der Waals surface area contributed by atoms with Crippen molar-refractivity contribution < 1.29 is 14.6 Å². The van der Waals surface area contributed by atoms with Gasteiger partial charge in [0, 0.05) is 19.7 Å². The van der Waals surface area contributed by atoms with Gasteiger partial charge in [0.2, 0.25) is 0 Å². The van der Waals surface area contributed by atoms with Crippen molar-refractivity contribution in [2.45, 2.75) is 12.6 Å². The fraction of sp³-hybridized carbons (Fsp3) is 0.167. The summed E-state index contributed by atoms with van der Waals surface area (Å²) in [5, 5.41) is 18.3. The van der Waals surface area contributed by atoms with Crippen LogP contribution in [0, 0.1) is 0 Å². The molecule has 2 aromatic heterocycles. The number of methoxy groups -OCH3 is 1. The van der Waals surface area contributed by atoms with Crippen LogP contribution in [0.3, 0.4) is 0 Å². The predicted molar refractivity (Wildman–Crippen MR) is 107 cm³/mol. The Kier molecular flexibility index (Phi) is 6.16. The summed E-state index contributed by atoms with van der Waals surface area (Å²) in [6.45, 7) is 0.358. The molecule has 0 spiro atoms. The molecule has 0 bridgehead atoms. The number of benzene rings is 1. The molecule has 1 aromatic carbocycles. The molecule has 2 heterocycles. The number of aliphatic hydroxyl groups is 1. The number of hydrogen-bond acceptors (Lipinski definition) is 5. The Hall–Kier alpha value is -2.06. The maximum atomic E-state index is 12.1. The van der Waals surface area contributed by atoms with Gasteiger partial charge in [0.1, 0.15) is 11.9 Å². The lowest BCUT2D eigenvalue weighted by atomic mass is 10.2. The lowest BCUT2D eigenvalue weighted by Crippen LogP contribution is -2.28. The van der Waals surface area contributed by atoms with Gasteiger partial charge < -0.3 is 20.5 Å². The van der Waals surface area contributed by atoms with Crippen LogP contribution in [0.25, 0.3) is 0 Å². The van der Waals surface area contributed by atoms with E-state index in [0.29, 0.717) is 23.0 Å². The molecule has 0 aliphatic rings. The van der Waals surface area contributed by atoms with E-state index < -0.39 is 6.10 Å². The van der Waals surface area contributed by atoms with Crippen molar-refractivity contribution in [2.75, 3.05) is 12.4 Å². The van der Waals surface area contributed by atoms with Gasteiger partial charge in [-0.05, 0) is 41.8 Å². The normalized spacial score (nSPS) is 11.8. The van der Waals surface area contributed by atoms with Crippen molar-refractivity contribution in [3.05, 3.63) is 67.5 Å². The first kappa shape index (κ1) is 18.7. The van der Waals surface area contributed by atoms with E-state index in [0.717, 1.165) is 14.6 Å². The Morgan fingerprint density at radius 1 is 1.27 bits per heavy atom. The minimum Gasteiger partial charge on any atom is -0.495 e. The van der Waals surface area contributed by atoms with Crippen molar-refractivity contribution >= 4 is 46.0 Å². The molecule has 2 amide bonds. The van der Waals surface area contributed by atoms with Crippen molar-refractivity contribution in [2.24, 2.45) is 0 Å². The molecule has 3 aromatic rings. The summed E-state index contributed by atoms with van der Waals surface area (Å²) in [7, 11) is 1.53. The van der Waals surface area contributed by atoms with Gasteiger partial charge in [-0.1, -0.05) is 17.7 Å². The van der Waals surface area contributed by atoms with Crippen LogP contribution >= 0.6 is 34.3 Å². The van der Waals surface area contributed by atoms with Crippen LogP contribution in [-0.4, -0.2) is 18.2 Å². The number of halogens is 1. The highest BCUT2D eigenvalue weighted by molar-refractivity contribution is 7.12. The monoisotopic (exact) mass is 408 g/mol. The number of carbonyl (C=O) groups is 1. The molecule has 3 rings (SSSR count). The Morgan fingerprint density at radius 3 is 2.85 bits per heavy atom. The van der Waals surface area contributed by atoms with Gasteiger partial charge in [0.25, 0.3) is 0 Å². The predicted octanol–water partition coefficient (Wildman–Crippen LogP) is 4.88. The zero-order chi connectivity index (χ0) is 18.5. The first-order valence-corrected chi connectivity index (χ1v) is 9.82. The summed E-state index contributed by atoms with van der Waals surface area (Å²) in [5.41, 5.74) is 0.498. The lowest BCUT2D eigenvalue weighted by molar-refractivity contribution is 0.228. The summed E-state index contributed by atoms with van der Waals surface area (Å²) >= 11 is 8.94. The molecule has 0 fully saturated rings. The number of carbonyl (C=O) groups excluding carboxylic acids is 1. The number of amides is 2. The number of hydrogen-bond donors (Lipinski definition) is 3. The second kappa shape index (κ2) is 8.55. The molecular weight excluding hydrogens is 392 g/mol. The number of ether oxygens (including phenoxy) is 1. The third-order valence-corrected chi connectivity index (χ3v) is 5.89. The molecular formula is C18H17ClN2O3S2. The third kappa shape index (κ3) is 4.56. The molecule has 5 nitrogen and oxygen atoms in total. The van der Waals surface area contributed by atoms with E-state index in [9.17, 15) is 9.90 Å². The van der Waals surface area contributed by atoms with Crippen molar-refractivity contribution in [3.8, 4) is 5.75 Å². The molecule has 0 radical (unpaired) electrons. The highest BCUT2D eigenvalue weighted by Crippen LogP contribution is 2.31. The molecule has 3 N–H and O–H groups in total. The van der Waals surface area contributed by atoms with Crippen molar-refractivity contribution in [1.29, 1.82) is 0 Å². The van der Waals surface area contributed by atoms with Crippen molar-refractivity contribution in [3.63, 3.8) is 0 Å². The van der Waals surface area contributed by atoms with Gasteiger partial charge in [0.05, 0.1) is 19.3 Å². The Balaban J connectivity index is 1.58. The second-order valence-corrected chi connectivity index (χ2v) is 7.99. The summed E-state index contributed by atoms with van der Waals surface area (Å²) in [4.78, 5) is 14.8. The summed E-state index contributed by atoms with van der Waals surface area (Å²) in [5.74, 6) is 0.530. The molecule has 136 valence electrons. The lowest BCUT2D eigenvalue weighted by Gasteiger charge is -2.11. The van der Waals surface area contributed by atoms with Gasteiger partial charge in [-0.15, -0.1) is 22.7 Å². The molecule has 8 heteroatoms. The van der Waals surface area contributed by atoms with Gasteiger partial charge in [0.15, 0.2) is 0 Å². The number of urea groups is 1. The average molecular weight is 409 g/mol. The van der Waals surface area contributed by atoms with E-state index in [1.807, 2.05) is 29.6 Å². The number of aliphatic hydroxyl groups excluding tert-OH is 1. The largest absolute Gasteiger partial charge is 0.495 e. The quantitative estimate of drug-likeness (QED) is 0.544. The van der Waals surface area contributed by atoms with Crippen molar-refractivity contribution in [1.82, 2.24) is 5.32 Å². The second-order valence-electron chi connectivity index (χ2n) is 5.37. The molecule has 1 atom stereocenters. The topological polar surface area (TPSA) is 70.6 Å². The van der Waals surface area contributed by atoms with E-state index in [-0.39, 0.29) is 6.03 Å². The molecule has 0 aliphatic heterocycles. The minimum atomic E-state index is -0.627. The average Bonchev–Trinajstić information content (AvgIpc) is 3.31. The van der Waals surface area contributed by atoms with Crippen LogP contribution in [0.1, 0.15) is 20.7 Å². The SMILES string of the molecule is COc1ccc(Cl)cc1NC(=O)NCc1ccc(C(O)c2cccs2)s1. The van der Waals surface area contributed by atoms with E-state index in [1.165, 1.54) is 29.8 Å². The molecule has 0 saturated heterocycles. The Morgan fingerprint density at radius 2 is 2.12 bits per heavy atom. The number of thiophene rings is 2. The van der Waals surface area contributed by atoms with E-state index in [1.54, 1.807) is 18.2 Å². The maximum Gasteiger partial charge on any atom is 0.319 e. The van der Waals surface area contributed by atoms with Gasteiger partial charge in [-0.25, -0.2) is 4.79 Å². The number of nitrogens with one attached hydrogen (secondary N) is 2. The molecule has 26 heavy (non-hydrogen) atoms. The van der Waals surface area contributed by atoms with Gasteiger partial charge in [-0.2, -0.15) is 0 Å². The number of rotatable bonds is 6. The van der Waals surface area contributed by atoms with Crippen LogP contribution in [0.4, 0.5) is 10.5 Å². The highest BCUT2D eigenvalue weighted by Gasteiger charge is 2.14. The smallest absolute Gasteiger partial charge is 0.319 e. The highest BCUT2D eigenvalue weighted by atomic mass is 35.5. The van der Waals surface area contributed by atoms with Gasteiger partial charge >= 0.3 is 6.03 Å². The zero-order valence-electron chi connectivity index (χ0n) is 13.9. The van der Waals surface area contributed by atoms with Crippen LogP contribution in [0.2, 0.25) is 5.02 Å². The fourth-order valence-electron chi connectivity index (χ4n) is 2.34. The van der Waals surface area contributed by atoms with E-state index in [2.05, 4.69) is 10.6 Å². The standard InChI is InChI=1S/C18H17ClN2O3S2/c1-24-14-6-4-11(19)9-13(14)21-18(23)20-10-12-5-7-16(26-12)17(22)15-3-2-8-25-15/h2-9,17,22H,10H2,1H3,(H2,20,21,23). The minimum absolute atomic E-state index is 0.358. The van der Waals surface area contributed by atoms with Crippen LogP contribution in [0.5, 0.6) is 5.75 Å². The first-order chi connectivity index (χ1) is 12.6. The van der Waals surface area contributed by atoms with Crippen LogP contribution < -0.4 is 15.4 Å². The Labute approximate surface area is 164 Å². The van der Waals surface area contributed by atoms with Crippen LogP contribution in [-0.2, 0) is 6.54 Å². The summed E-state index contributed by atoms with van der Waals surface area (Å²) < 4.78 is 5.20. The Bertz CT molecular complexity index is 880. The zero-order valence-corrected chi connectivity index (χ0v) is 16.3. The molecule has 0 aliphatic carbocycles.